The van der Waals surface area contributed by atoms with E-state index < -0.39 is 0 Å². The van der Waals surface area contributed by atoms with Gasteiger partial charge in [-0.3, -0.25) is 0 Å². The summed E-state index contributed by atoms with van der Waals surface area (Å²) in [4.78, 5) is 7.62. The van der Waals surface area contributed by atoms with Gasteiger partial charge in [-0.05, 0) is 69.3 Å². The fraction of sp³-hybridized carbons (Fsp3) is 0.632. The third-order valence-electron chi connectivity index (χ3n) is 5.54. The zero-order valence-electron chi connectivity index (χ0n) is 13.6. The van der Waals surface area contributed by atoms with Crippen LogP contribution in [0.3, 0.4) is 0 Å². The van der Waals surface area contributed by atoms with Crippen LogP contribution in [0.25, 0.3) is 10.2 Å². The third-order valence-corrected chi connectivity index (χ3v) is 6.58. The van der Waals surface area contributed by atoms with E-state index >= 15 is 0 Å². The Kier molecular flexibility index (Phi) is 4.19. The normalized spacial score (nSPS) is 21.9. The van der Waals surface area contributed by atoms with Gasteiger partial charge in [-0.1, -0.05) is 18.9 Å². The van der Waals surface area contributed by atoms with Crippen LogP contribution >= 0.6 is 11.3 Å². The molecule has 1 aromatic heterocycles. The average molecular weight is 314 g/mol. The minimum Gasteiger partial charge on any atom is -0.300 e. The second kappa shape index (κ2) is 6.29. The van der Waals surface area contributed by atoms with E-state index in [1.165, 1.54) is 78.8 Å². The number of thiazole rings is 1. The maximum absolute atomic E-state index is 4.85. The van der Waals surface area contributed by atoms with E-state index in [9.17, 15) is 0 Å². The summed E-state index contributed by atoms with van der Waals surface area (Å²) in [5, 5.41) is 1.35. The molecular weight excluding hydrogens is 288 g/mol. The molecule has 2 fully saturated rings. The summed E-state index contributed by atoms with van der Waals surface area (Å²) in [6, 6.07) is 7.53. The standard InChI is InChI=1S/C19H26N2S/c1-14-6-7-17-18(12-14)22-19(20-17)13-15-8-10-21(11-9-15)16-4-2-3-5-16/h6-7,12,15-16H,2-5,8-11,13H2,1H3. The fourth-order valence-electron chi connectivity index (χ4n) is 4.21. The molecule has 0 spiro atoms. The monoisotopic (exact) mass is 314 g/mol. The summed E-state index contributed by atoms with van der Waals surface area (Å²) in [5.41, 5.74) is 2.53. The largest absolute Gasteiger partial charge is 0.300 e. The van der Waals surface area contributed by atoms with Gasteiger partial charge in [-0.2, -0.15) is 0 Å². The van der Waals surface area contributed by atoms with E-state index in [-0.39, 0.29) is 0 Å². The van der Waals surface area contributed by atoms with Crippen LogP contribution < -0.4 is 0 Å². The quantitative estimate of drug-likeness (QED) is 0.809. The maximum Gasteiger partial charge on any atom is 0.0941 e. The van der Waals surface area contributed by atoms with Gasteiger partial charge in [0.05, 0.1) is 15.2 Å². The van der Waals surface area contributed by atoms with Crippen LogP contribution in [0.2, 0.25) is 0 Å². The van der Waals surface area contributed by atoms with Crippen molar-refractivity contribution in [2.75, 3.05) is 13.1 Å². The molecule has 2 aliphatic rings. The first-order valence-corrected chi connectivity index (χ1v) is 9.70. The highest BCUT2D eigenvalue weighted by molar-refractivity contribution is 7.18. The van der Waals surface area contributed by atoms with E-state index in [0.717, 1.165) is 12.0 Å². The first-order valence-electron chi connectivity index (χ1n) is 8.88. The molecule has 1 aromatic carbocycles. The second-order valence-corrected chi connectivity index (χ2v) is 8.32. The van der Waals surface area contributed by atoms with Crippen molar-refractivity contribution in [1.29, 1.82) is 0 Å². The predicted octanol–water partition coefficient (Wildman–Crippen LogP) is 4.80. The van der Waals surface area contributed by atoms with Crippen molar-refractivity contribution < 1.29 is 0 Å². The smallest absolute Gasteiger partial charge is 0.0941 e. The van der Waals surface area contributed by atoms with Gasteiger partial charge in [0.15, 0.2) is 0 Å². The number of nitrogens with zero attached hydrogens (tertiary/aromatic N) is 2. The molecule has 1 saturated heterocycles. The van der Waals surface area contributed by atoms with E-state index in [4.69, 9.17) is 4.98 Å². The molecular formula is C19H26N2S. The van der Waals surface area contributed by atoms with Crippen molar-refractivity contribution in [1.82, 2.24) is 9.88 Å². The molecule has 1 aliphatic carbocycles. The van der Waals surface area contributed by atoms with Crippen molar-refractivity contribution in [3.05, 3.63) is 28.8 Å². The SMILES string of the molecule is Cc1ccc2nc(CC3CCN(C4CCCC4)CC3)sc2c1. The third kappa shape index (κ3) is 3.07. The number of fused-ring (bicyclic) bond motifs is 1. The van der Waals surface area contributed by atoms with Crippen LogP contribution in [-0.4, -0.2) is 29.0 Å². The second-order valence-electron chi connectivity index (χ2n) is 7.20. The van der Waals surface area contributed by atoms with Crippen LogP contribution in [0.15, 0.2) is 18.2 Å². The Balaban J connectivity index is 1.37. The van der Waals surface area contributed by atoms with Crippen molar-refractivity contribution in [2.45, 2.75) is 57.9 Å². The van der Waals surface area contributed by atoms with Crippen molar-refractivity contribution in [3.8, 4) is 0 Å². The number of aryl methyl sites for hydroxylation is 1. The molecule has 3 heteroatoms. The number of aromatic nitrogens is 1. The number of hydrogen-bond donors (Lipinski definition) is 0. The lowest BCUT2D eigenvalue weighted by Gasteiger charge is -2.35. The number of hydrogen-bond acceptors (Lipinski definition) is 3. The fourth-order valence-corrected chi connectivity index (χ4v) is 5.39. The van der Waals surface area contributed by atoms with E-state index in [0.29, 0.717) is 0 Å². The Hall–Kier alpha value is -0.930. The zero-order valence-corrected chi connectivity index (χ0v) is 14.4. The molecule has 0 N–H and O–H groups in total. The first kappa shape index (κ1) is 14.6. The van der Waals surface area contributed by atoms with Gasteiger partial charge in [0.1, 0.15) is 0 Å². The molecule has 1 aliphatic heterocycles. The van der Waals surface area contributed by atoms with Crippen molar-refractivity contribution in [2.24, 2.45) is 5.92 Å². The van der Waals surface area contributed by atoms with Crippen LogP contribution in [0.4, 0.5) is 0 Å². The van der Waals surface area contributed by atoms with Gasteiger partial charge in [0.2, 0.25) is 0 Å². The minimum absolute atomic E-state index is 0.847. The summed E-state index contributed by atoms with van der Waals surface area (Å²) >= 11 is 1.91. The van der Waals surface area contributed by atoms with Gasteiger partial charge < -0.3 is 4.90 Å². The molecule has 2 heterocycles. The highest BCUT2D eigenvalue weighted by Gasteiger charge is 2.27. The van der Waals surface area contributed by atoms with E-state index in [1.807, 2.05) is 11.3 Å². The molecule has 4 rings (SSSR count). The lowest BCUT2D eigenvalue weighted by Crippen LogP contribution is -2.40. The van der Waals surface area contributed by atoms with E-state index in [2.05, 4.69) is 30.0 Å². The summed E-state index contributed by atoms with van der Waals surface area (Å²) in [7, 11) is 0. The highest BCUT2D eigenvalue weighted by Crippen LogP contribution is 2.31. The molecule has 0 unspecified atom stereocenters. The lowest BCUT2D eigenvalue weighted by molar-refractivity contribution is 0.134. The van der Waals surface area contributed by atoms with Crippen LogP contribution in [0.1, 0.15) is 49.1 Å². The summed E-state index contributed by atoms with van der Waals surface area (Å²) in [5.74, 6) is 0.847. The van der Waals surface area contributed by atoms with Crippen LogP contribution in [0.5, 0.6) is 0 Å². The van der Waals surface area contributed by atoms with Crippen molar-refractivity contribution >= 4 is 21.6 Å². The average Bonchev–Trinajstić information content (AvgIpc) is 3.16. The Morgan fingerprint density at radius 3 is 2.68 bits per heavy atom. The molecule has 0 bridgehead atoms. The van der Waals surface area contributed by atoms with E-state index in [1.54, 1.807) is 0 Å². The summed E-state index contributed by atoms with van der Waals surface area (Å²) in [6.45, 7) is 4.80. The summed E-state index contributed by atoms with van der Waals surface area (Å²) in [6.07, 6.45) is 9.73. The van der Waals surface area contributed by atoms with Crippen LogP contribution in [0, 0.1) is 12.8 Å². The highest BCUT2D eigenvalue weighted by atomic mass is 32.1. The van der Waals surface area contributed by atoms with Gasteiger partial charge in [-0.25, -0.2) is 4.98 Å². The molecule has 2 aromatic rings. The Morgan fingerprint density at radius 1 is 1.14 bits per heavy atom. The number of piperidine rings is 1. The molecule has 2 nitrogen and oxygen atoms in total. The first-order chi connectivity index (χ1) is 10.8. The summed E-state index contributed by atoms with van der Waals surface area (Å²) < 4.78 is 1.36. The molecule has 0 radical (unpaired) electrons. The molecule has 22 heavy (non-hydrogen) atoms. The molecule has 1 saturated carbocycles. The molecule has 0 amide bonds. The molecule has 118 valence electrons. The van der Waals surface area contributed by atoms with Gasteiger partial charge in [0, 0.05) is 12.5 Å². The minimum atomic E-state index is 0.847. The zero-order chi connectivity index (χ0) is 14.9. The number of benzene rings is 1. The Morgan fingerprint density at radius 2 is 1.91 bits per heavy atom. The Bertz CT molecular complexity index is 634. The number of rotatable bonds is 3. The lowest BCUT2D eigenvalue weighted by atomic mass is 9.93. The predicted molar refractivity (Wildman–Crippen MR) is 94.6 cm³/mol. The number of likely N-dealkylation sites (tertiary alicyclic amines) is 1. The van der Waals surface area contributed by atoms with Crippen LogP contribution in [-0.2, 0) is 6.42 Å². The maximum atomic E-state index is 4.85. The Labute approximate surface area is 137 Å². The van der Waals surface area contributed by atoms with Gasteiger partial charge >= 0.3 is 0 Å². The molecule has 0 atom stereocenters. The van der Waals surface area contributed by atoms with Crippen molar-refractivity contribution in [3.63, 3.8) is 0 Å². The topological polar surface area (TPSA) is 16.1 Å². The van der Waals surface area contributed by atoms with Gasteiger partial charge in [0.25, 0.3) is 0 Å². The van der Waals surface area contributed by atoms with Gasteiger partial charge in [-0.15, -0.1) is 11.3 Å².